The van der Waals surface area contributed by atoms with Crippen LogP contribution in [0.5, 0.6) is 0 Å². The van der Waals surface area contributed by atoms with Gasteiger partial charge in [0.05, 0.1) is 6.61 Å². The minimum atomic E-state index is -0.584. The van der Waals surface area contributed by atoms with Crippen LogP contribution < -0.4 is 5.32 Å². The van der Waals surface area contributed by atoms with Gasteiger partial charge in [0.25, 0.3) is 5.91 Å². The first-order valence-electron chi connectivity index (χ1n) is 5.06. The first-order chi connectivity index (χ1) is 7.45. The lowest BCUT2D eigenvalue weighted by molar-refractivity contribution is -0.139. The Kier molecular flexibility index (Phi) is 6.83. The van der Waals surface area contributed by atoms with E-state index in [-0.39, 0.29) is 0 Å². The second-order valence-electron chi connectivity index (χ2n) is 3.44. The summed E-state index contributed by atoms with van der Waals surface area (Å²) in [7, 11) is 0. The fourth-order valence-corrected chi connectivity index (χ4v) is 0.842. The number of amides is 1. The first-order valence-corrected chi connectivity index (χ1v) is 5.06. The number of Topliss-reactive ketones (excluding diaryl/α,β-unsaturated/α-hetero) is 1. The van der Waals surface area contributed by atoms with E-state index in [1.807, 2.05) is 0 Å². The number of carbonyl (C=O) groups excluding carboxylic acids is 3. The SMILES string of the molecule is C=C(C)C(=O)OCCCCNC(=O)C(C)=O. The molecule has 0 aliphatic carbocycles. The van der Waals surface area contributed by atoms with Crippen LogP contribution in [0, 0.1) is 0 Å². The van der Waals surface area contributed by atoms with Crippen molar-refractivity contribution >= 4 is 17.7 Å². The summed E-state index contributed by atoms with van der Waals surface area (Å²) in [5.41, 5.74) is 0.366. The van der Waals surface area contributed by atoms with Crippen molar-refractivity contribution in [3.63, 3.8) is 0 Å². The second-order valence-corrected chi connectivity index (χ2v) is 3.44. The van der Waals surface area contributed by atoms with Crippen LogP contribution in [0.2, 0.25) is 0 Å². The van der Waals surface area contributed by atoms with Gasteiger partial charge in [0.1, 0.15) is 0 Å². The molecule has 5 heteroatoms. The van der Waals surface area contributed by atoms with E-state index < -0.39 is 17.7 Å². The lowest BCUT2D eigenvalue weighted by atomic mass is 10.3. The number of nitrogens with one attached hydrogen (secondary N) is 1. The first kappa shape index (κ1) is 14.3. The van der Waals surface area contributed by atoms with Crippen LogP contribution in [-0.4, -0.2) is 30.8 Å². The van der Waals surface area contributed by atoms with E-state index >= 15 is 0 Å². The maximum atomic E-state index is 10.9. The van der Waals surface area contributed by atoms with Gasteiger partial charge in [-0.3, -0.25) is 9.59 Å². The minimum absolute atomic E-state index is 0.293. The summed E-state index contributed by atoms with van der Waals surface area (Å²) < 4.78 is 4.84. The number of ketones is 1. The van der Waals surface area contributed by atoms with Crippen LogP contribution >= 0.6 is 0 Å². The molecule has 0 spiro atoms. The van der Waals surface area contributed by atoms with E-state index in [1.54, 1.807) is 6.92 Å². The Balaban J connectivity index is 3.41. The molecule has 90 valence electrons. The average Bonchev–Trinajstić information content (AvgIpc) is 2.21. The molecule has 0 aromatic rings. The van der Waals surface area contributed by atoms with Gasteiger partial charge in [-0.05, 0) is 19.8 Å². The summed E-state index contributed by atoms with van der Waals surface area (Å²) in [5, 5.41) is 2.45. The van der Waals surface area contributed by atoms with Gasteiger partial charge in [-0.25, -0.2) is 4.79 Å². The van der Waals surface area contributed by atoms with Crippen LogP contribution in [0.4, 0.5) is 0 Å². The third-order valence-electron chi connectivity index (χ3n) is 1.76. The molecule has 1 N–H and O–H groups in total. The Morgan fingerprint density at radius 1 is 1.19 bits per heavy atom. The molecule has 0 aromatic heterocycles. The highest BCUT2D eigenvalue weighted by Crippen LogP contribution is 1.95. The molecule has 16 heavy (non-hydrogen) atoms. The van der Waals surface area contributed by atoms with E-state index in [9.17, 15) is 14.4 Å². The third-order valence-corrected chi connectivity index (χ3v) is 1.76. The minimum Gasteiger partial charge on any atom is -0.462 e. The molecular weight excluding hydrogens is 210 g/mol. The third kappa shape index (κ3) is 6.75. The molecule has 0 bridgehead atoms. The maximum Gasteiger partial charge on any atom is 0.333 e. The summed E-state index contributed by atoms with van der Waals surface area (Å²) in [4.78, 5) is 32.3. The maximum absolute atomic E-state index is 10.9. The predicted molar refractivity (Wildman–Crippen MR) is 58.7 cm³/mol. The highest BCUT2D eigenvalue weighted by atomic mass is 16.5. The molecule has 0 heterocycles. The number of ether oxygens (including phenoxy) is 1. The van der Waals surface area contributed by atoms with Gasteiger partial charge in [0.15, 0.2) is 0 Å². The fraction of sp³-hybridized carbons (Fsp3) is 0.545. The number of esters is 1. The molecule has 0 rings (SSSR count). The largest absolute Gasteiger partial charge is 0.462 e. The van der Waals surface area contributed by atoms with Crippen LogP contribution in [0.15, 0.2) is 12.2 Å². The Morgan fingerprint density at radius 2 is 1.81 bits per heavy atom. The van der Waals surface area contributed by atoms with Crippen LogP contribution in [0.25, 0.3) is 0 Å². The van der Waals surface area contributed by atoms with Crippen molar-refractivity contribution < 1.29 is 19.1 Å². The zero-order chi connectivity index (χ0) is 12.6. The van der Waals surface area contributed by atoms with Crippen molar-refractivity contribution in [1.29, 1.82) is 0 Å². The number of hydrogen-bond acceptors (Lipinski definition) is 4. The number of hydrogen-bond donors (Lipinski definition) is 1. The van der Waals surface area contributed by atoms with Crippen LogP contribution in [-0.2, 0) is 19.1 Å². The van der Waals surface area contributed by atoms with Gasteiger partial charge in [-0.2, -0.15) is 0 Å². The van der Waals surface area contributed by atoms with E-state index in [4.69, 9.17) is 4.74 Å². The van der Waals surface area contributed by atoms with Crippen molar-refractivity contribution in [1.82, 2.24) is 5.32 Å². The van der Waals surface area contributed by atoms with Gasteiger partial charge >= 0.3 is 5.97 Å². The molecule has 0 aliphatic rings. The molecule has 0 aliphatic heterocycles. The molecule has 0 unspecified atom stereocenters. The number of unbranched alkanes of at least 4 members (excludes halogenated alkanes) is 1. The molecule has 0 aromatic carbocycles. The summed E-state index contributed by atoms with van der Waals surface area (Å²) >= 11 is 0. The normalized spacial score (nSPS) is 9.38. The van der Waals surface area contributed by atoms with Gasteiger partial charge in [0, 0.05) is 19.0 Å². The number of rotatable bonds is 7. The summed E-state index contributed by atoms with van der Waals surface area (Å²) in [6, 6.07) is 0. The second kappa shape index (κ2) is 7.62. The molecule has 0 atom stereocenters. The zero-order valence-electron chi connectivity index (χ0n) is 9.67. The Bertz CT molecular complexity index is 266. The van der Waals surface area contributed by atoms with Gasteiger partial charge in [-0.15, -0.1) is 0 Å². The topological polar surface area (TPSA) is 72.5 Å². The van der Waals surface area contributed by atoms with Crippen LogP contribution in [0.3, 0.4) is 0 Å². The summed E-state index contributed by atoms with van der Waals surface area (Å²) in [6.07, 6.45) is 1.29. The monoisotopic (exact) mass is 227 g/mol. The van der Waals surface area contributed by atoms with E-state index in [1.165, 1.54) is 6.92 Å². The molecule has 0 saturated heterocycles. The van der Waals surface area contributed by atoms with E-state index in [2.05, 4.69) is 11.9 Å². The van der Waals surface area contributed by atoms with Gasteiger partial charge in [-0.1, -0.05) is 6.58 Å². The average molecular weight is 227 g/mol. The Hall–Kier alpha value is -1.65. The lowest BCUT2D eigenvalue weighted by Gasteiger charge is -2.04. The fourth-order valence-electron chi connectivity index (χ4n) is 0.842. The van der Waals surface area contributed by atoms with Crippen molar-refractivity contribution in [3.05, 3.63) is 12.2 Å². The molecular formula is C11H17NO4. The highest BCUT2D eigenvalue weighted by Gasteiger charge is 2.05. The highest BCUT2D eigenvalue weighted by molar-refractivity contribution is 6.35. The standard InChI is InChI=1S/C11H17NO4/c1-8(2)11(15)16-7-5-4-6-12-10(14)9(3)13/h1,4-7H2,2-3H3,(H,12,14). The van der Waals surface area contributed by atoms with E-state index in [0.29, 0.717) is 31.6 Å². The smallest absolute Gasteiger partial charge is 0.333 e. The molecule has 0 fully saturated rings. The summed E-state index contributed by atoms with van der Waals surface area (Å²) in [6.45, 7) is 6.93. The molecule has 0 saturated carbocycles. The van der Waals surface area contributed by atoms with Crippen molar-refractivity contribution in [2.45, 2.75) is 26.7 Å². The Morgan fingerprint density at radius 3 is 2.31 bits per heavy atom. The predicted octanol–water partition coefficient (Wildman–Crippen LogP) is 0.591. The lowest BCUT2D eigenvalue weighted by Crippen LogP contribution is -2.30. The van der Waals surface area contributed by atoms with Crippen LogP contribution in [0.1, 0.15) is 26.7 Å². The zero-order valence-corrected chi connectivity index (χ0v) is 9.67. The summed E-state index contributed by atoms with van der Waals surface area (Å²) in [5.74, 6) is -1.50. The van der Waals surface area contributed by atoms with Gasteiger partial charge in [0.2, 0.25) is 5.78 Å². The molecule has 1 amide bonds. The van der Waals surface area contributed by atoms with Crippen molar-refractivity contribution in [2.75, 3.05) is 13.2 Å². The van der Waals surface area contributed by atoms with Crippen molar-refractivity contribution in [3.8, 4) is 0 Å². The number of carbonyl (C=O) groups is 3. The van der Waals surface area contributed by atoms with E-state index in [0.717, 1.165) is 0 Å². The Labute approximate surface area is 94.8 Å². The molecule has 0 radical (unpaired) electrons. The molecule has 5 nitrogen and oxygen atoms in total. The van der Waals surface area contributed by atoms with Crippen molar-refractivity contribution in [2.24, 2.45) is 0 Å². The van der Waals surface area contributed by atoms with Gasteiger partial charge < -0.3 is 10.1 Å². The quantitative estimate of drug-likeness (QED) is 0.299.